The number of nitrogens with one attached hydrogen (secondary N) is 1. The summed E-state index contributed by atoms with van der Waals surface area (Å²) in [7, 11) is -3.47. The zero-order valence-corrected chi connectivity index (χ0v) is 13.0. The molecule has 0 bridgehead atoms. The van der Waals surface area contributed by atoms with Crippen LogP contribution in [0.3, 0.4) is 0 Å². The third-order valence-electron chi connectivity index (χ3n) is 3.29. The predicted octanol–water partition coefficient (Wildman–Crippen LogP) is 3.33. The summed E-state index contributed by atoms with van der Waals surface area (Å²) in [4.78, 5) is 0.263. The van der Waals surface area contributed by atoms with Crippen LogP contribution in [0, 0.1) is 0 Å². The molecule has 0 saturated heterocycles. The highest BCUT2D eigenvalue weighted by Crippen LogP contribution is 2.32. The Labute approximate surface area is 121 Å². The molecule has 0 amide bonds. The maximum atomic E-state index is 12.3. The standard InChI is InChI=1S/C12H15BrClNO2S/c13-9-12(7-1-2-8-12)15-18(16,17)11-5-3-10(14)4-6-11/h3-6,15H,1-2,7-9H2. The molecule has 0 aromatic heterocycles. The molecule has 1 aromatic carbocycles. The molecule has 0 atom stereocenters. The maximum absolute atomic E-state index is 12.3. The lowest BCUT2D eigenvalue weighted by Crippen LogP contribution is -2.47. The highest BCUT2D eigenvalue weighted by molar-refractivity contribution is 9.09. The Bertz CT molecular complexity index is 509. The molecule has 3 nitrogen and oxygen atoms in total. The SMILES string of the molecule is O=S(=O)(NC1(CBr)CCCC1)c1ccc(Cl)cc1. The lowest BCUT2D eigenvalue weighted by atomic mass is 10.0. The lowest BCUT2D eigenvalue weighted by molar-refractivity contribution is 0.438. The number of halogens is 2. The number of rotatable bonds is 4. The van der Waals surface area contributed by atoms with Crippen molar-refractivity contribution in [1.29, 1.82) is 0 Å². The molecule has 1 aliphatic rings. The van der Waals surface area contributed by atoms with E-state index in [9.17, 15) is 8.42 Å². The van der Waals surface area contributed by atoms with E-state index in [0.717, 1.165) is 25.7 Å². The van der Waals surface area contributed by atoms with Gasteiger partial charge in [0.05, 0.1) is 4.90 Å². The second kappa shape index (κ2) is 5.49. The van der Waals surface area contributed by atoms with Gasteiger partial charge in [0.25, 0.3) is 0 Å². The first-order valence-electron chi connectivity index (χ1n) is 5.83. The van der Waals surface area contributed by atoms with Crippen LogP contribution >= 0.6 is 27.5 Å². The summed E-state index contributed by atoms with van der Waals surface area (Å²) in [6.45, 7) is 0. The lowest BCUT2D eigenvalue weighted by Gasteiger charge is -2.27. The Morgan fingerprint density at radius 3 is 2.28 bits per heavy atom. The summed E-state index contributed by atoms with van der Waals surface area (Å²) in [5.74, 6) is 0. The largest absolute Gasteiger partial charge is 0.241 e. The fraction of sp³-hybridized carbons (Fsp3) is 0.500. The molecule has 0 radical (unpaired) electrons. The first-order chi connectivity index (χ1) is 8.47. The van der Waals surface area contributed by atoms with E-state index in [1.165, 1.54) is 12.1 Å². The van der Waals surface area contributed by atoms with Gasteiger partial charge in [-0.25, -0.2) is 13.1 Å². The molecule has 0 spiro atoms. The van der Waals surface area contributed by atoms with Crippen molar-refractivity contribution in [2.24, 2.45) is 0 Å². The number of sulfonamides is 1. The molecule has 1 N–H and O–H groups in total. The fourth-order valence-corrected chi connectivity index (χ4v) is 4.74. The molecule has 0 unspecified atom stereocenters. The highest BCUT2D eigenvalue weighted by atomic mass is 79.9. The molecule has 6 heteroatoms. The van der Waals surface area contributed by atoms with Crippen molar-refractivity contribution >= 4 is 37.6 Å². The number of benzene rings is 1. The van der Waals surface area contributed by atoms with Crippen molar-refractivity contribution in [3.63, 3.8) is 0 Å². The van der Waals surface area contributed by atoms with E-state index in [1.54, 1.807) is 12.1 Å². The quantitative estimate of drug-likeness (QED) is 0.845. The minimum absolute atomic E-state index is 0.263. The summed E-state index contributed by atoms with van der Waals surface area (Å²) in [6, 6.07) is 6.24. The number of hydrogen-bond donors (Lipinski definition) is 1. The van der Waals surface area contributed by atoms with Crippen molar-refractivity contribution in [2.75, 3.05) is 5.33 Å². The van der Waals surface area contributed by atoms with Crippen molar-refractivity contribution in [1.82, 2.24) is 4.72 Å². The third kappa shape index (κ3) is 3.07. The normalized spacial score (nSPS) is 19.0. The van der Waals surface area contributed by atoms with E-state index in [4.69, 9.17) is 11.6 Å². The molecule has 18 heavy (non-hydrogen) atoms. The van der Waals surface area contributed by atoms with Crippen LogP contribution in [0.1, 0.15) is 25.7 Å². The van der Waals surface area contributed by atoms with Crippen molar-refractivity contribution in [3.8, 4) is 0 Å². The summed E-state index contributed by atoms with van der Waals surface area (Å²) in [5, 5.41) is 1.18. The first-order valence-corrected chi connectivity index (χ1v) is 8.81. The molecular weight excluding hydrogens is 338 g/mol. The first kappa shape index (κ1) is 14.3. The average molecular weight is 353 g/mol. The van der Waals surface area contributed by atoms with E-state index >= 15 is 0 Å². The van der Waals surface area contributed by atoms with Crippen molar-refractivity contribution in [2.45, 2.75) is 36.1 Å². The van der Waals surface area contributed by atoms with Crippen LogP contribution < -0.4 is 4.72 Å². The van der Waals surface area contributed by atoms with E-state index in [2.05, 4.69) is 20.7 Å². The summed E-state index contributed by atoms with van der Waals surface area (Å²) >= 11 is 9.19. The topological polar surface area (TPSA) is 46.2 Å². The van der Waals surface area contributed by atoms with Gasteiger partial charge in [-0.3, -0.25) is 0 Å². The monoisotopic (exact) mass is 351 g/mol. The molecular formula is C12H15BrClNO2S. The molecule has 0 heterocycles. The van der Waals surface area contributed by atoms with E-state index in [0.29, 0.717) is 10.4 Å². The van der Waals surface area contributed by atoms with Crippen LogP contribution in [0.4, 0.5) is 0 Å². The van der Waals surface area contributed by atoms with Crippen LogP contribution in [0.15, 0.2) is 29.2 Å². The maximum Gasteiger partial charge on any atom is 0.241 e. The van der Waals surface area contributed by atoms with Gasteiger partial charge in [-0.2, -0.15) is 0 Å². The Balaban J connectivity index is 2.24. The Morgan fingerprint density at radius 2 is 1.78 bits per heavy atom. The fourth-order valence-electron chi connectivity index (χ4n) is 2.27. The van der Waals surface area contributed by atoms with E-state index < -0.39 is 10.0 Å². The second-order valence-electron chi connectivity index (χ2n) is 4.68. The van der Waals surface area contributed by atoms with Crippen LogP contribution in [0.5, 0.6) is 0 Å². The zero-order chi connectivity index (χ0) is 13.2. The smallest absolute Gasteiger partial charge is 0.207 e. The highest BCUT2D eigenvalue weighted by Gasteiger charge is 2.36. The van der Waals surface area contributed by atoms with Gasteiger partial charge in [0.1, 0.15) is 0 Å². The van der Waals surface area contributed by atoms with Crippen LogP contribution in [-0.2, 0) is 10.0 Å². The van der Waals surface area contributed by atoms with Gasteiger partial charge in [-0.05, 0) is 37.1 Å². The third-order valence-corrected chi connectivity index (χ3v) is 6.21. The van der Waals surface area contributed by atoms with Gasteiger partial charge < -0.3 is 0 Å². The van der Waals surface area contributed by atoms with Crippen LogP contribution in [0.2, 0.25) is 5.02 Å². The Hall–Kier alpha value is -0.100. The molecule has 1 saturated carbocycles. The molecule has 2 rings (SSSR count). The van der Waals surface area contributed by atoms with Gasteiger partial charge in [-0.1, -0.05) is 40.4 Å². The zero-order valence-electron chi connectivity index (χ0n) is 9.83. The number of alkyl halides is 1. The molecule has 0 aliphatic heterocycles. The molecule has 1 aliphatic carbocycles. The van der Waals surface area contributed by atoms with E-state index in [-0.39, 0.29) is 10.4 Å². The van der Waals surface area contributed by atoms with Gasteiger partial charge in [0, 0.05) is 15.9 Å². The Morgan fingerprint density at radius 1 is 1.22 bits per heavy atom. The number of hydrogen-bond acceptors (Lipinski definition) is 2. The molecule has 1 aromatic rings. The minimum atomic E-state index is -3.47. The second-order valence-corrected chi connectivity index (χ2v) is 7.36. The molecule has 1 fully saturated rings. The predicted molar refractivity (Wildman–Crippen MR) is 76.8 cm³/mol. The molecule has 100 valence electrons. The minimum Gasteiger partial charge on any atom is -0.207 e. The Kier molecular flexibility index (Phi) is 4.36. The summed E-state index contributed by atoms with van der Waals surface area (Å²) in [6.07, 6.45) is 3.89. The van der Waals surface area contributed by atoms with Crippen molar-refractivity contribution < 1.29 is 8.42 Å². The van der Waals surface area contributed by atoms with Gasteiger partial charge in [0.2, 0.25) is 10.0 Å². The van der Waals surface area contributed by atoms with Crippen LogP contribution in [-0.4, -0.2) is 19.3 Å². The van der Waals surface area contributed by atoms with Crippen LogP contribution in [0.25, 0.3) is 0 Å². The van der Waals surface area contributed by atoms with Crippen molar-refractivity contribution in [3.05, 3.63) is 29.3 Å². The van der Waals surface area contributed by atoms with Gasteiger partial charge >= 0.3 is 0 Å². The van der Waals surface area contributed by atoms with Gasteiger partial charge in [0.15, 0.2) is 0 Å². The van der Waals surface area contributed by atoms with Gasteiger partial charge in [-0.15, -0.1) is 0 Å². The summed E-state index contributed by atoms with van der Waals surface area (Å²) < 4.78 is 27.4. The van der Waals surface area contributed by atoms with E-state index in [1.807, 2.05) is 0 Å². The average Bonchev–Trinajstić information content (AvgIpc) is 2.78. The summed E-state index contributed by atoms with van der Waals surface area (Å²) in [5.41, 5.74) is -0.335.